The van der Waals surface area contributed by atoms with Gasteiger partial charge in [-0.3, -0.25) is 0 Å². The molecule has 0 aliphatic carbocycles. The van der Waals surface area contributed by atoms with Crippen LogP contribution in [0.4, 0.5) is 0 Å². The molecule has 0 bridgehead atoms. The van der Waals surface area contributed by atoms with Crippen molar-refractivity contribution in [1.82, 2.24) is 0 Å². The van der Waals surface area contributed by atoms with E-state index in [1.807, 2.05) is 11.3 Å². The summed E-state index contributed by atoms with van der Waals surface area (Å²) in [6.07, 6.45) is 0. The van der Waals surface area contributed by atoms with Gasteiger partial charge in [0.15, 0.2) is 0 Å². The number of hydrogen-bond donors (Lipinski definition) is 0. The van der Waals surface area contributed by atoms with Gasteiger partial charge in [-0.25, -0.2) is 0 Å². The number of aryl methyl sites for hydroxylation is 2. The number of hydrogen-bond acceptors (Lipinski definition) is 1. The SMILES string of the molecule is Cc1ccc(-c2c(-c3ccccc3)sc(-c3ccccc3)c2-c2ccc(C)cc2)cc1. The Labute approximate surface area is 188 Å². The third-order valence-electron chi connectivity index (χ3n) is 5.66. The molecule has 1 heteroatoms. The van der Waals surface area contributed by atoms with Gasteiger partial charge in [-0.15, -0.1) is 11.3 Å². The summed E-state index contributed by atoms with van der Waals surface area (Å²) in [5.74, 6) is 0. The zero-order valence-corrected chi connectivity index (χ0v) is 18.6. The van der Waals surface area contributed by atoms with Crippen molar-refractivity contribution in [3.8, 4) is 43.1 Å². The second kappa shape index (κ2) is 8.37. The molecule has 150 valence electrons. The Morgan fingerprint density at radius 3 is 1.10 bits per heavy atom. The fourth-order valence-corrected chi connectivity index (χ4v) is 5.36. The van der Waals surface area contributed by atoms with Crippen LogP contribution in [0.15, 0.2) is 109 Å². The largest absolute Gasteiger partial charge is 0.134 e. The molecule has 0 fully saturated rings. The minimum Gasteiger partial charge on any atom is -0.134 e. The van der Waals surface area contributed by atoms with E-state index in [2.05, 4.69) is 123 Å². The monoisotopic (exact) mass is 416 g/mol. The van der Waals surface area contributed by atoms with Crippen molar-refractivity contribution in [3.63, 3.8) is 0 Å². The minimum atomic E-state index is 1.26. The maximum Gasteiger partial charge on any atom is 0.0434 e. The van der Waals surface area contributed by atoms with Crippen molar-refractivity contribution in [1.29, 1.82) is 0 Å². The van der Waals surface area contributed by atoms with E-state index in [4.69, 9.17) is 0 Å². The molecular weight excluding hydrogens is 392 g/mol. The molecule has 0 amide bonds. The van der Waals surface area contributed by atoms with E-state index in [1.54, 1.807) is 0 Å². The van der Waals surface area contributed by atoms with E-state index >= 15 is 0 Å². The van der Waals surface area contributed by atoms with Crippen LogP contribution in [0.25, 0.3) is 43.1 Å². The standard InChI is InChI=1S/C30H24S/c1-21-13-17-23(18-14-21)27-28(24-19-15-22(2)16-20-24)30(26-11-7-4-8-12-26)31-29(27)25-9-5-3-6-10-25/h3-20H,1-2H3. The highest BCUT2D eigenvalue weighted by Gasteiger charge is 2.22. The normalized spacial score (nSPS) is 10.9. The Morgan fingerprint density at radius 2 is 0.742 bits per heavy atom. The van der Waals surface area contributed by atoms with Gasteiger partial charge in [-0.2, -0.15) is 0 Å². The average molecular weight is 417 g/mol. The van der Waals surface area contributed by atoms with Crippen molar-refractivity contribution in [2.75, 3.05) is 0 Å². The lowest BCUT2D eigenvalue weighted by Gasteiger charge is -2.11. The molecule has 0 saturated heterocycles. The zero-order valence-electron chi connectivity index (χ0n) is 17.8. The smallest absolute Gasteiger partial charge is 0.0434 e. The number of thiophene rings is 1. The molecule has 0 radical (unpaired) electrons. The van der Waals surface area contributed by atoms with Gasteiger partial charge in [0.1, 0.15) is 0 Å². The van der Waals surface area contributed by atoms with Gasteiger partial charge in [0, 0.05) is 20.9 Å². The molecule has 4 aromatic carbocycles. The van der Waals surface area contributed by atoms with Crippen LogP contribution in [-0.4, -0.2) is 0 Å². The van der Waals surface area contributed by atoms with Gasteiger partial charge in [0.05, 0.1) is 0 Å². The molecule has 0 spiro atoms. The third kappa shape index (κ3) is 3.85. The van der Waals surface area contributed by atoms with Gasteiger partial charge in [-0.1, -0.05) is 120 Å². The van der Waals surface area contributed by atoms with Crippen LogP contribution in [0.5, 0.6) is 0 Å². The van der Waals surface area contributed by atoms with Gasteiger partial charge >= 0.3 is 0 Å². The van der Waals surface area contributed by atoms with E-state index in [9.17, 15) is 0 Å². The lowest BCUT2D eigenvalue weighted by molar-refractivity contribution is 1.46. The highest BCUT2D eigenvalue weighted by atomic mass is 32.1. The van der Waals surface area contributed by atoms with Crippen LogP contribution in [0.3, 0.4) is 0 Å². The fourth-order valence-electron chi connectivity index (χ4n) is 4.01. The summed E-state index contributed by atoms with van der Waals surface area (Å²) in [4.78, 5) is 2.64. The van der Waals surface area contributed by atoms with Gasteiger partial charge < -0.3 is 0 Å². The van der Waals surface area contributed by atoms with Crippen LogP contribution in [0.2, 0.25) is 0 Å². The molecular formula is C30H24S. The average Bonchev–Trinajstić information content (AvgIpc) is 3.22. The predicted molar refractivity (Wildman–Crippen MR) is 136 cm³/mol. The van der Waals surface area contributed by atoms with E-state index in [0.717, 1.165) is 0 Å². The molecule has 0 unspecified atom stereocenters. The van der Waals surface area contributed by atoms with Crippen LogP contribution in [0.1, 0.15) is 11.1 Å². The lowest BCUT2D eigenvalue weighted by atomic mass is 9.91. The van der Waals surface area contributed by atoms with Crippen molar-refractivity contribution in [2.24, 2.45) is 0 Å². The first kappa shape index (κ1) is 19.5. The summed E-state index contributed by atoms with van der Waals surface area (Å²) in [5, 5.41) is 0. The summed E-state index contributed by atoms with van der Waals surface area (Å²) >= 11 is 1.89. The topological polar surface area (TPSA) is 0 Å². The van der Waals surface area contributed by atoms with E-state index in [-0.39, 0.29) is 0 Å². The van der Waals surface area contributed by atoms with E-state index in [0.29, 0.717) is 0 Å². The summed E-state index contributed by atoms with van der Waals surface area (Å²) in [5.41, 5.74) is 10.2. The number of rotatable bonds is 4. The number of benzene rings is 4. The molecule has 0 nitrogen and oxygen atoms in total. The molecule has 1 heterocycles. The molecule has 1 aromatic heterocycles. The quantitative estimate of drug-likeness (QED) is 0.274. The minimum absolute atomic E-state index is 1.26. The molecule has 5 rings (SSSR count). The van der Waals surface area contributed by atoms with E-state index < -0.39 is 0 Å². The molecule has 0 atom stereocenters. The predicted octanol–water partition coefficient (Wildman–Crippen LogP) is 9.03. The van der Waals surface area contributed by atoms with Crippen LogP contribution >= 0.6 is 11.3 Å². The zero-order chi connectivity index (χ0) is 21.2. The van der Waals surface area contributed by atoms with Crippen LogP contribution < -0.4 is 0 Å². The second-order valence-electron chi connectivity index (χ2n) is 7.97. The molecule has 31 heavy (non-hydrogen) atoms. The van der Waals surface area contributed by atoms with Crippen molar-refractivity contribution < 1.29 is 0 Å². The molecule has 0 saturated carbocycles. The summed E-state index contributed by atoms with van der Waals surface area (Å²) in [7, 11) is 0. The Bertz CT molecular complexity index is 1190. The highest BCUT2D eigenvalue weighted by molar-refractivity contribution is 7.20. The maximum atomic E-state index is 2.26. The summed E-state index contributed by atoms with van der Waals surface area (Å²) < 4.78 is 0. The fraction of sp³-hybridized carbons (Fsp3) is 0.0667. The molecule has 5 aromatic rings. The Hall–Kier alpha value is -3.42. The Balaban J connectivity index is 1.88. The second-order valence-corrected chi connectivity index (χ2v) is 9.00. The van der Waals surface area contributed by atoms with Gasteiger partial charge in [0.25, 0.3) is 0 Å². The van der Waals surface area contributed by atoms with Crippen LogP contribution in [0, 0.1) is 13.8 Å². The summed E-state index contributed by atoms with van der Waals surface area (Å²) in [6, 6.07) is 39.4. The van der Waals surface area contributed by atoms with Gasteiger partial charge in [-0.05, 0) is 36.1 Å². The first-order valence-corrected chi connectivity index (χ1v) is 11.4. The Morgan fingerprint density at radius 1 is 0.387 bits per heavy atom. The first-order valence-electron chi connectivity index (χ1n) is 10.6. The summed E-state index contributed by atoms with van der Waals surface area (Å²) in [6.45, 7) is 4.29. The molecule has 0 aliphatic rings. The van der Waals surface area contributed by atoms with Crippen molar-refractivity contribution in [2.45, 2.75) is 13.8 Å². The van der Waals surface area contributed by atoms with Crippen LogP contribution in [-0.2, 0) is 0 Å². The highest BCUT2D eigenvalue weighted by Crippen LogP contribution is 2.51. The van der Waals surface area contributed by atoms with Crippen molar-refractivity contribution in [3.05, 3.63) is 120 Å². The van der Waals surface area contributed by atoms with Gasteiger partial charge in [0.2, 0.25) is 0 Å². The Kier molecular flexibility index (Phi) is 5.28. The van der Waals surface area contributed by atoms with Crippen molar-refractivity contribution >= 4 is 11.3 Å². The first-order chi connectivity index (χ1) is 15.2. The third-order valence-corrected chi connectivity index (χ3v) is 6.95. The lowest BCUT2D eigenvalue weighted by Crippen LogP contribution is -1.87. The molecule has 0 aliphatic heterocycles. The van der Waals surface area contributed by atoms with E-state index in [1.165, 1.54) is 54.3 Å². The maximum absolute atomic E-state index is 2.26. The molecule has 0 N–H and O–H groups in total.